The van der Waals surface area contributed by atoms with Crippen LogP contribution in [0.2, 0.25) is 0 Å². The second kappa shape index (κ2) is 9.08. The van der Waals surface area contributed by atoms with Crippen LogP contribution in [-0.2, 0) is 10.0 Å². The molecular weight excluding hydrogens is 546 g/mol. The zero-order valence-corrected chi connectivity index (χ0v) is 19.3. The number of benzene rings is 2. The molecule has 150 valence electrons. The smallest absolute Gasteiger partial charge is 0.273 e. The van der Waals surface area contributed by atoms with Gasteiger partial charge in [0.25, 0.3) is 15.9 Å². The third-order valence-corrected chi connectivity index (χ3v) is 7.57. The summed E-state index contributed by atoms with van der Waals surface area (Å²) in [6.07, 6.45) is 1.39. The fourth-order valence-corrected chi connectivity index (χ4v) is 5.56. The molecule has 3 rings (SSSR count). The molecule has 7 nitrogen and oxygen atoms in total. The number of phenols is 1. The predicted molar refractivity (Wildman–Crippen MR) is 120 cm³/mol. The number of nitrogens with one attached hydrogen (secondary N) is 2. The second-order valence-corrected chi connectivity index (χ2v) is 10.2. The summed E-state index contributed by atoms with van der Waals surface area (Å²) in [7, 11) is -3.79. The van der Waals surface area contributed by atoms with Gasteiger partial charge >= 0.3 is 0 Å². The summed E-state index contributed by atoms with van der Waals surface area (Å²) < 4.78 is 28.4. The lowest BCUT2D eigenvalue weighted by atomic mass is 10.2. The number of hydrogen-bond donors (Lipinski definition) is 3. The van der Waals surface area contributed by atoms with Crippen molar-refractivity contribution < 1.29 is 18.3 Å². The van der Waals surface area contributed by atoms with Crippen molar-refractivity contribution in [2.24, 2.45) is 5.10 Å². The molecule has 1 amide bonds. The van der Waals surface area contributed by atoms with Crippen molar-refractivity contribution in [3.8, 4) is 5.75 Å². The van der Waals surface area contributed by atoms with Gasteiger partial charge in [0.15, 0.2) is 0 Å². The summed E-state index contributed by atoms with van der Waals surface area (Å²) in [6.45, 7) is 0. The van der Waals surface area contributed by atoms with Gasteiger partial charge in [0.1, 0.15) is 9.96 Å². The fourth-order valence-electron chi connectivity index (χ4n) is 2.27. The van der Waals surface area contributed by atoms with Crippen molar-refractivity contribution in [3.05, 3.63) is 74.0 Å². The highest BCUT2D eigenvalue weighted by Gasteiger charge is 2.19. The van der Waals surface area contributed by atoms with Crippen LogP contribution in [0.4, 0.5) is 5.69 Å². The first-order chi connectivity index (χ1) is 13.8. The Labute approximate surface area is 187 Å². The Hall–Kier alpha value is -2.21. The summed E-state index contributed by atoms with van der Waals surface area (Å²) >= 11 is 7.51. The van der Waals surface area contributed by atoms with E-state index in [2.05, 4.69) is 47.1 Å². The Kier molecular flexibility index (Phi) is 6.73. The average molecular weight is 559 g/mol. The number of para-hydroxylation sites is 1. The standard InChI is InChI=1S/C18H13Br2N3O4S2/c19-13-8-11(9-14(20)17(13)24)10-21-22-18(25)12-4-1-2-5-15(12)23-29(26,27)16-6-3-7-28-16/h1-10,23-24H,(H,22,25)/b21-10+. The van der Waals surface area contributed by atoms with Gasteiger partial charge in [-0.2, -0.15) is 5.10 Å². The number of thiophene rings is 1. The summed E-state index contributed by atoms with van der Waals surface area (Å²) in [4.78, 5) is 12.5. The molecule has 0 radical (unpaired) electrons. The summed E-state index contributed by atoms with van der Waals surface area (Å²) in [6, 6.07) is 12.6. The molecule has 11 heteroatoms. The topological polar surface area (TPSA) is 108 Å². The van der Waals surface area contributed by atoms with Crippen molar-refractivity contribution in [3.63, 3.8) is 0 Å². The molecule has 0 spiro atoms. The number of nitrogens with zero attached hydrogens (tertiary/aromatic N) is 1. The first-order valence-corrected chi connectivity index (χ1v) is 11.9. The Morgan fingerprint density at radius 2 is 1.79 bits per heavy atom. The number of anilines is 1. The lowest BCUT2D eigenvalue weighted by Gasteiger charge is -2.10. The van der Waals surface area contributed by atoms with Crippen LogP contribution in [0, 0.1) is 0 Å². The van der Waals surface area contributed by atoms with Crippen LogP contribution in [-0.4, -0.2) is 25.6 Å². The Bertz CT molecular complexity index is 1160. The number of carbonyl (C=O) groups is 1. The van der Waals surface area contributed by atoms with Crippen molar-refractivity contribution in [1.82, 2.24) is 5.43 Å². The van der Waals surface area contributed by atoms with Gasteiger partial charge in [-0.25, -0.2) is 13.8 Å². The van der Waals surface area contributed by atoms with Gasteiger partial charge in [-0.3, -0.25) is 9.52 Å². The summed E-state index contributed by atoms with van der Waals surface area (Å²) in [5.41, 5.74) is 3.25. The SMILES string of the molecule is O=C(N/N=C/c1cc(Br)c(O)c(Br)c1)c1ccccc1NS(=O)(=O)c1cccs1. The van der Waals surface area contributed by atoms with Crippen LogP contribution < -0.4 is 10.1 Å². The molecule has 3 N–H and O–H groups in total. The minimum absolute atomic E-state index is 0.0538. The molecule has 0 unspecified atom stereocenters. The molecule has 2 aromatic carbocycles. The van der Waals surface area contributed by atoms with E-state index in [-0.39, 0.29) is 21.2 Å². The normalized spacial score (nSPS) is 11.5. The predicted octanol–water partition coefficient (Wildman–Crippen LogP) is 4.54. The number of sulfonamides is 1. The highest BCUT2D eigenvalue weighted by molar-refractivity contribution is 9.11. The minimum atomic E-state index is -3.79. The number of phenolic OH excluding ortho intramolecular Hbond substituents is 1. The van der Waals surface area contributed by atoms with E-state index in [1.807, 2.05) is 0 Å². The van der Waals surface area contributed by atoms with Crippen molar-refractivity contribution in [2.45, 2.75) is 4.21 Å². The Balaban J connectivity index is 1.77. The molecule has 1 aromatic heterocycles. The van der Waals surface area contributed by atoms with E-state index < -0.39 is 15.9 Å². The molecule has 0 saturated carbocycles. The number of halogens is 2. The van der Waals surface area contributed by atoms with Gasteiger partial charge in [0, 0.05) is 0 Å². The fraction of sp³-hybridized carbons (Fsp3) is 0. The zero-order valence-electron chi connectivity index (χ0n) is 14.5. The van der Waals surface area contributed by atoms with Gasteiger partial charge in [0.2, 0.25) is 0 Å². The maximum atomic E-state index is 12.5. The number of rotatable bonds is 6. The molecule has 0 saturated heterocycles. The first-order valence-electron chi connectivity index (χ1n) is 7.94. The molecule has 3 aromatic rings. The van der Waals surface area contributed by atoms with Gasteiger partial charge < -0.3 is 5.11 Å². The lowest BCUT2D eigenvalue weighted by Crippen LogP contribution is -2.21. The van der Waals surface area contributed by atoms with E-state index in [1.54, 1.807) is 35.7 Å². The highest BCUT2D eigenvalue weighted by Crippen LogP contribution is 2.32. The molecule has 1 heterocycles. The van der Waals surface area contributed by atoms with Crippen LogP contribution in [0.25, 0.3) is 0 Å². The number of aromatic hydroxyl groups is 1. The van der Waals surface area contributed by atoms with E-state index in [9.17, 15) is 18.3 Å². The number of hydrazone groups is 1. The second-order valence-electron chi connectivity index (χ2n) is 5.62. The van der Waals surface area contributed by atoms with Gasteiger partial charge in [0.05, 0.1) is 26.4 Å². The third kappa shape index (κ3) is 5.24. The molecule has 0 fully saturated rings. The molecule has 0 aliphatic heterocycles. The molecule has 29 heavy (non-hydrogen) atoms. The highest BCUT2D eigenvalue weighted by atomic mass is 79.9. The molecule has 0 atom stereocenters. The van der Waals surface area contributed by atoms with Crippen molar-refractivity contribution >= 4 is 71.0 Å². The van der Waals surface area contributed by atoms with E-state index in [4.69, 9.17) is 0 Å². The van der Waals surface area contributed by atoms with Crippen molar-refractivity contribution in [1.29, 1.82) is 0 Å². The first kappa shape index (κ1) is 21.5. The van der Waals surface area contributed by atoms with E-state index in [1.165, 1.54) is 24.4 Å². The third-order valence-electron chi connectivity index (χ3n) is 3.59. The van der Waals surface area contributed by atoms with Crippen LogP contribution in [0.5, 0.6) is 5.75 Å². The van der Waals surface area contributed by atoms with E-state index >= 15 is 0 Å². The van der Waals surface area contributed by atoms with Crippen LogP contribution in [0.3, 0.4) is 0 Å². The molecule has 0 aliphatic carbocycles. The van der Waals surface area contributed by atoms with Crippen LogP contribution in [0.1, 0.15) is 15.9 Å². The van der Waals surface area contributed by atoms with Crippen molar-refractivity contribution in [2.75, 3.05) is 4.72 Å². The number of amides is 1. The van der Waals surface area contributed by atoms with Crippen LogP contribution >= 0.6 is 43.2 Å². The monoisotopic (exact) mass is 557 g/mol. The maximum absolute atomic E-state index is 12.5. The Morgan fingerprint density at radius 1 is 1.10 bits per heavy atom. The largest absolute Gasteiger partial charge is 0.506 e. The Morgan fingerprint density at radius 3 is 2.45 bits per heavy atom. The quantitative estimate of drug-likeness (QED) is 0.305. The number of hydrogen-bond acceptors (Lipinski definition) is 6. The van der Waals surface area contributed by atoms with E-state index in [0.29, 0.717) is 14.5 Å². The summed E-state index contributed by atoms with van der Waals surface area (Å²) in [5, 5.41) is 15.3. The minimum Gasteiger partial charge on any atom is -0.506 e. The zero-order chi connectivity index (χ0) is 21.0. The average Bonchev–Trinajstić information content (AvgIpc) is 3.22. The van der Waals surface area contributed by atoms with Gasteiger partial charge in [-0.1, -0.05) is 18.2 Å². The summed E-state index contributed by atoms with van der Waals surface area (Å²) in [5.74, 6) is -0.527. The number of carbonyl (C=O) groups excluding carboxylic acids is 1. The maximum Gasteiger partial charge on any atom is 0.273 e. The lowest BCUT2D eigenvalue weighted by molar-refractivity contribution is 0.0956. The molecular formula is C18H13Br2N3O4S2. The van der Waals surface area contributed by atoms with Gasteiger partial charge in [-0.05, 0) is 73.1 Å². The van der Waals surface area contributed by atoms with Gasteiger partial charge in [-0.15, -0.1) is 11.3 Å². The molecule has 0 bridgehead atoms. The molecule has 0 aliphatic rings. The van der Waals surface area contributed by atoms with Crippen LogP contribution in [0.15, 0.2) is 72.2 Å². The van der Waals surface area contributed by atoms with E-state index in [0.717, 1.165) is 11.3 Å².